The number of ketones is 1. The first-order chi connectivity index (χ1) is 19.5. The second-order valence-corrected chi connectivity index (χ2v) is 11.2. The molecule has 2 N–H and O–H groups in total. The molecule has 0 bridgehead atoms. The summed E-state index contributed by atoms with van der Waals surface area (Å²) in [4.78, 5) is 23.5. The van der Waals surface area contributed by atoms with Gasteiger partial charge >= 0.3 is 6.18 Å². The molecule has 11 heteroatoms. The van der Waals surface area contributed by atoms with Crippen molar-refractivity contribution in [1.82, 2.24) is 9.29 Å². The minimum atomic E-state index is -4.80. The van der Waals surface area contributed by atoms with Gasteiger partial charge in [-0.2, -0.15) is 13.2 Å². The fourth-order valence-electron chi connectivity index (χ4n) is 5.14. The van der Waals surface area contributed by atoms with Gasteiger partial charge in [-0.3, -0.25) is 9.78 Å². The predicted octanol–water partition coefficient (Wildman–Crippen LogP) is 7.21. The number of aryl methyl sites for hydroxylation is 1. The molecule has 2 aromatic carbocycles. The van der Waals surface area contributed by atoms with Crippen molar-refractivity contribution in [1.29, 1.82) is 0 Å². The molecule has 2 aliphatic rings. The number of allylic oxidation sites excluding steroid dienone is 2. The van der Waals surface area contributed by atoms with Crippen LogP contribution in [0.3, 0.4) is 0 Å². The van der Waals surface area contributed by atoms with Gasteiger partial charge in [-0.15, -0.1) is 0 Å². The van der Waals surface area contributed by atoms with Crippen molar-refractivity contribution in [3.05, 3.63) is 113 Å². The number of nitrogens with two attached hydrogens (primary N) is 1. The molecule has 3 aromatic rings. The molecule has 2 heterocycles. The van der Waals surface area contributed by atoms with Gasteiger partial charge in [-0.1, -0.05) is 5.57 Å². The Kier molecular flexibility index (Phi) is 7.85. The average Bonchev–Trinajstić information content (AvgIpc) is 2.93. The number of fused-ring (bicyclic) bond motifs is 1. The number of hydrogen-bond acceptors (Lipinski definition) is 6. The zero-order chi connectivity index (χ0) is 29.4. The number of pyridine rings is 1. The molecular weight excluding hydrogens is 559 g/mol. The van der Waals surface area contributed by atoms with Crippen molar-refractivity contribution in [3.8, 4) is 0 Å². The maximum absolute atomic E-state index is 14.3. The smallest absolute Gasteiger partial charge is 0.404 e. The Bertz CT molecular complexity index is 1580. The van der Waals surface area contributed by atoms with Crippen LogP contribution in [0.15, 0.2) is 94.1 Å². The van der Waals surface area contributed by atoms with Crippen molar-refractivity contribution < 1.29 is 26.7 Å². The number of carbonyl (C=O) groups is 1. The number of alkyl halides is 3. The van der Waals surface area contributed by atoms with Gasteiger partial charge in [-0.25, -0.2) is 18.1 Å². The molecular formula is C30H25F5N4OS. The van der Waals surface area contributed by atoms with Crippen LogP contribution in [-0.2, 0) is 6.18 Å². The van der Waals surface area contributed by atoms with Crippen molar-refractivity contribution in [2.45, 2.75) is 30.8 Å². The second kappa shape index (κ2) is 11.2. The van der Waals surface area contributed by atoms with Crippen LogP contribution in [0.2, 0.25) is 0 Å². The third kappa shape index (κ3) is 5.96. The van der Waals surface area contributed by atoms with Gasteiger partial charge in [0.05, 0.1) is 22.4 Å². The van der Waals surface area contributed by atoms with E-state index in [0.29, 0.717) is 29.9 Å². The minimum absolute atomic E-state index is 0.182. The van der Waals surface area contributed by atoms with Crippen LogP contribution in [-0.4, -0.2) is 33.9 Å². The quantitative estimate of drug-likeness (QED) is 0.195. The number of nitrogens with zero attached hydrogens (tertiary/aromatic N) is 3. The van der Waals surface area contributed by atoms with E-state index in [4.69, 9.17) is 5.73 Å². The van der Waals surface area contributed by atoms with Gasteiger partial charge in [0, 0.05) is 24.2 Å². The van der Waals surface area contributed by atoms with Gasteiger partial charge in [-0.05, 0) is 110 Å². The molecule has 5 nitrogen and oxygen atoms in total. The van der Waals surface area contributed by atoms with Crippen molar-refractivity contribution >= 4 is 29.1 Å². The Hall–Kier alpha value is -3.83. The number of carbonyl (C=O) groups excluding carboxylic acids is 1. The fourth-order valence-corrected chi connectivity index (χ4v) is 6.19. The van der Waals surface area contributed by atoms with Gasteiger partial charge < -0.3 is 5.73 Å². The third-order valence-corrected chi connectivity index (χ3v) is 8.20. The fraction of sp³-hybridized carbons (Fsp3) is 0.233. The van der Waals surface area contributed by atoms with E-state index in [-0.39, 0.29) is 29.3 Å². The number of Topliss-reactive ketones (excluding diaryl/α,β-unsaturated/α-hetero) is 1. The molecule has 5 rings (SSSR count). The minimum Gasteiger partial charge on any atom is -0.404 e. The summed E-state index contributed by atoms with van der Waals surface area (Å²) in [6.07, 6.45) is 0.628. The van der Waals surface area contributed by atoms with Crippen molar-refractivity contribution in [3.63, 3.8) is 0 Å². The molecule has 212 valence electrons. The molecule has 0 amide bonds. The van der Waals surface area contributed by atoms with Crippen LogP contribution in [0.1, 0.15) is 34.5 Å². The molecule has 1 aromatic heterocycles. The highest BCUT2D eigenvalue weighted by Crippen LogP contribution is 2.48. The lowest BCUT2D eigenvalue weighted by atomic mass is 9.64. The molecule has 0 spiro atoms. The van der Waals surface area contributed by atoms with Gasteiger partial charge in [0.2, 0.25) is 0 Å². The van der Waals surface area contributed by atoms with Crippen LogP contribution in [0.25, 0.3) is 0 Å². The Balaban J connectivity index is 1.53. The Morgan fingerprint density at radius 1 is 1.12 bits per heavy atom. The molecule has 0 saturated carbocycles. The van der Waals surface area contributed by atoms with Gasteiger partial charge in [0.1, 0.15) is 17.3 Å². The van der Waals surface area contributed by atoms with Crippen molar-refractivity contribution in [2.75, 3.05) is 13.1 Å². The largest absolute Gasteiger partial charge is 0.419 e. The Morgan fingerprint density at radius 3 is 2.54 bits per heavy atom. The van der Waals surface area contributed by atoms with E-state index < -0.39 is 28.8 Å². The topological polar surface area (TPSA) is 71.6 Å². The van der Waals surface area contributed by atoms with E-state index in [1.807, 2.05) is 17.3 Å². The van der Waals surface area contributed by atoms with E-state index in [1.165, 1.54) is 24.4 Å². The average molecular weight is 585 g/mol. The first-order valence-electron chi connectivity index (χ1n) is 12.7. The third-order valence-electron chi connectivity index (χ3n) is 7.16. The molecule has 0 radical (unpaired) electrons. The van der Waals surface area contributed by atoms with Crippen LogP contribution in [0.4, 0.5) is 27.6 Å². The number of piperidine rings is 1. The monoisotopic (exact) mass is 584 g/mol. The van der Waals surface area contributed by atoms with E-state index in [9.17, 15) is 26.7 Å². The van der Waals surface area contributed by atoms with Gasteiger partial charge in [0.15, 0.2) is 5.78 Å². The van der Waals surface area contributed by atoms with Crippen LogP contribution in [0, 0.1) is 24.0 Å². The Morgan fingerprint density at radius 2 is 1.88 bits per heavy atom. The van der Waals surface area contributed by atoms with Crippen LogP contribution < -0.4 is 5.73 Å². The zero-order valence-electron chi connectivity index (χ0n) is 21.9. The highest BCUT2D eigenvalue weighted by atomic mass is 32.2. The number of rotatable bonds is 5. The number of halogens is 5. The normalized spacial score (nSPS) is 21.6. The summed E-state index contributed by atoms with van der Waals surface area (Å²) in [5.74, 6) is -1.97. The zero-order valence-corrected chi connectivity index (χ0v) is 22.7. The number of aliphatic imine (C=N–C) groups is 1. The number of hydrogen-bond donors (Lipinski definition) is 1. The molecule has 41 heavy (non-hydrogen) atoms. The summed E-state index contributed by atoms with van der Waals surface area (Å²) in [6, 6.07) is 12.0. The first kappa shape index (κ1) is 28.7. The van der Waals surface area contributed by atoms with Gasteiger partial charge in [0.25, 0.3) is 0 Å². The maximum atomic E-state index is 14.3. The molecule has 1 fully saturated rings. The van der Waals surface area contributed by atoms with E-state index in [1.54, 1.807) is 30.5 Å². The van der Waals surface area contributed by atoms with E-state index in [0.717, 1.165) is 35.2 Å². The lowest BCUT2D eigenvalue weighted by Crippen LogP contribution is -2.49. The lowest BCUT2D eigenvalue weighted by Gasteiger charge is -2.45. The summed E-state index contributed by atoms with van der Waals surface area (Å²) < 4.78 is 68.8. The molecule has 1 unspecified atom stereocenters. The molecule has 1 atom stereocenters. The molecule has 1 aliphatic carbocycles. The maximum Gasteiger partial charge on any atom is 0.419 e. The second-order valence-electron chi connectivity index (χ2n) is 9.99. The summed E-state index contributed by atoms with van der Waals surface area (Å²) in [5.41, 5.74) is 7.23. The number of benzene rings is 2. The standard InChI is InChI=1S/C30H25F5N4OS/c1-18-8-10-37-27(12-18)28(40)29-15-19(16-36)26(38-22-4-2-21(31)3-5-22)13-20(29)9-11-39(17-29)41-23-6-7-24(25(32)14-23)30(33,34)35/h2-8,10,12-14,16H,9,11,15,17,36H2,1H3. The van der Waals surface area contributed by atoms with E-state index >= 15 is 0 Å². The van der Waals surface area contributed by atoms with Crippen LogP contribution >= 0.6 is 11.9 Å². The first-order valence-corrected chi connectivity index (χ1v) is 13.5. The molecule has 1 saturated heterocycles. The summed E-state index contributed by atoms with van der Waals surface area (Å²) in [7, 11) is 0. The highest BCUT2D eigenvalue weighted by Gasteiger charge is 2.49. The highest BCUT2D eigenvalue weighted by molar-refractivity contribution is 7.97. The predicted molar refractivity (Wildman–Crippen MR) is 148 cm³/mol. The van der Waals surface area contributed by atoms with E-state index in [2.05, 4.69) is 9.98 Å². The summed E-state index contributed by atoms with van der Waals surface area (Å²) >= 11 is 1.09. The lowest BCUT2D eigenvalue weighted by molar-refractivity contribution is -0.140. The van der Waals surface area contributed by atoms with Crippen LogP contribution in [0.5, 0.6) is 0 Å². The number of aromatic nitrogens is 1. The SMILES string of the molecule is Cc1ccnc(C(=O)C23CC(=CN)C(=Nc4ccc(F)cc4)C=C2CCN(Sc2ccc(C(F)(F)F)c(F)c2)C3)c1. The summed E-state index contributed by atoms with van der Waals surface area (Å²) in [6.45, 7) is 2.48. The van der Waals surface area contributed by atoms with Crippen molar-refractivity contribution in [2.24, 2.45) is 16.1 Å². The molecule has 1 aliphatic heterocycles. The summed E-state index contributed by atoms with van der Waals surface area (Å²) in [5, 5.41) is 0. The Labute approximate surface area is 237 Å².